The van der Waals surface area contributed by atoms with Crippen LogP contribution >= 0.6 is 0 Å². The van der Waals surface area contributed by atoms with Gasteiger partial charge in [-0.1, -0.05) is 12.1 Å². The molecule has 0 aliphatic heterocycles. The number of benzene rings is 2. The van der Waals surface area contributed by atoms with Gasteiger partial charge in [0.15, 0.2) is 0 Å². The molecule has 2 aromatic carbocycles. The molecule has 0 aliphatic carbocycles. The molecule has 1 heterocycles. The number of guanidine groups is 1. The summed E-state index contributed by atoms with van der Waals surface area (Å²) in [6.45, 7) is 10.8. The van der Waals surface area contributed by atoms with Crippen molar-refractivity contribution in [1.29, 1.82) is 0 Å². The summed E-state index contributed by atoms with van der Waals surface area (Å²) >= 11 is 0. The first-order valence-corrected chi connectivity index (χ1v) is 19.2. The Morgan fingerprint density at radius 2 is 1.38 bits per heavy atom. The lowest BCUT2D eigenvalue weighted by Gasteiger charge is -2.32. The number of sulfonamides is 1. The van der Waals surface area contributed by atoms with E-state index in [1.54, 1.807) is 73.0 Å². The van der Waals surface area contributed by atoms with Crippen LogP contribution in [0, 0.1) is 6.92 Å². The van der Waals surface area contributed by atoms with E-state index in [2.05, 4.69) is 10.1 Å². The van der Waals surface area contributed by atoms with Gasteiger partial charge in [-0.3, -0.25) is 4.98 Å². The second kappa shape index (κ2) is 16.8. The summed E-state index contributed by atoms with van der Waals surface area (Å²) in [5.41, 5.74) is 7.61. The number of aryl methyl sites for hydroxylation is 1. The molecule has 3 aromatic rings. The van der Waals surface area contributed by atoms with Gasteiger partial charge in [-0.25, -0.2) is 22.3 Å². The number of pyridine rings is 1. The molecule has 4 N–H and O–H groups in total. The molecule has 1 aromatic heterocycles. The Balaban J connectivity index is 1.89. The average Bonchev–Trinajstić information content (AvgIpc) is 3.03. The first-order chi connectivity index (χ1) is 24.4. The van der Waals surface area contributed by atoms with Crippen molar-refractivity contribution >= 4 is 38.0 Å². The summed E-state index contributed by atoms with van der Waals surface area (Å²) in [7, 11) is -7.66. The number of esters is 2. The van der Waals surface area contributed by atoms with Crippen molar-refractivity contribution in [3.63, 3.8) is 0 Å². The Bertz CT molecular complexity index is 1980. The minimum atomic E-state index is -4.73. The molecular weight excluding hydrogens is 731 g/mol. The number of nitrogens with zero attached hydrogens (tertiary/aromatic N) is 3. The van der Waals surface area contributed by atoms with E-state index in [0.717, 1.165) is 15.9 Å². The van der Waals surface area contributed by atoms with Crippen LogP contribution in [-0.4, -0.2) is 81.0 Å². The zero-order valence-electron chi connectivity index (χ0n) is 31.0. The normalized spacial score (nSPS) is 12.5. The number of ether oxygens (including phenoxy) is 3. The average molecular weight is 778 g/mol. The third kappa shape index (κ3) is 12.0. The van der Waals surface area contributed by atoms with Crippen molar-refractivity contribution in [2.45, 2.75) is 87.9 Å². The van der Waals surface area contributed by atoms with Gasteiger partial charge in [-0.15, -0.1) is 0 Å². The SMILES string of the molecule is Cc1cc(OCCC(ON=C(N)N)(C(=O)OC(C)(C)C)C(=O)OC(C)(C)C)cc(OS(=O)(=O)c2ccccc2S(=O)(=O)N(C)CCc2ccncc2)c1. The lowest BCUT2D eigenvalue weighted by atomic mass is 9.99. The Morgan fingerprint density at radius 3 is 1.92 bits per heavy atom. The zero-order chi connectivity index (χ0) is 39.8. The maximum Gasteiger partial charge on any atom is 0.366 e. The van der Waals surface area contributed by atoms with Gasteiger partial charge < -0.3 is 34.7 Å². The molecule has 3 rings (SSSR count). The van der Waals surface area contributed by atoms with Crippen LogP contribution in [0.5, 0.6) is 11.5 Å². The number of carbonyl (C=O) groups excluding carboxylic acids is 2. The fraction of sp³-hybridized carbons (Fsp3) is 0.429. The number of rotatable bonds is 16. The molecular formula is C35H47N5O11S2. The number of likely N-dealkylation sites (N-methyl/N-ethyl adjacent to an activating group) is 1. The highest BCUT2D eigenvalue weighted by Crippen LogP contribution is 2.31. The largest absolute Gasteiger partial charge is 0.493 e. The van der Waals surface area contributed by atoms with E-state index in [9.17, 15) is 26.4 Å². The van der Waals surface area contributed by atoms with Gasteiger partial charge in [0, 0.05) is 38.5 Å². The Morgan fingerprint density at radius 1 is 0.830 bits per heavy atom. The molecule has 16 nitrogen and oxygen atoms in total. The van der Waals surface area contributed by atoms with Gasteiger partial charge >= 0.3 is 27.7 Å². The first kappa shape index (κ1) is 42.5. The maximum absolute atomic E-state index is 13.6. The molecule has 0 saturated carbocycles. The molecule has 0 amide bonds. The van der Waals surface area contributed by atoms with Crippen molar-refractivity contribution in [3.05, 3.63) is 78.1 Å². The highest BCUT2D eigenvalue weighted by atomic mass is 32.2. The quantitative estimate of drug-likeness (QED) is 0.0531. The Hall–Kier alpha value is -4.94. The second-order valence-corrected chi connectivity index (χ2v) is 17.5. The van der Waals surface area contributed by atoms with Crippen molar-refractivity contribution < 1.29 is 49.7 Å². The van der Waals surface area contributed by atoms with Crippen LogP contribution in [-0.2, 0) is 50.5 Å². The van der Waals surface area contributed by atoms with Gasteiger partial charge in [0.2, 0.25) is 16.0 Å². The monoisotopic (exact) mass is 777 g/mol. The third-order valence-corrected chi connectivity index (χ3v) is 10.3. The fourth-order valence-electron chi connectivity index (χ4n) is 4.58. The van der Waals surface area contributed by atoms with Crippen LogP contribution in [0.3, 0.4) is 0 Å². The van der Waals surface area contributed by atoms with Crippen LogP contribution in [0.2, 0.25) is 0 Å². The lowest BCUT2D eigenvalue weighted by Crippen LogP contribution is -2.54. The van der Waals surface area contributed by atoms with Crippen molar-refractivity contribution in [2.75, 3.05) is 20.2 Å². The van der Waals surface area contributed by atoms with E-state index < -0.39 is 77.7 Å². The molecule has 0 unspecified atom stereocenters. The molecule has 0 atom stereocenters. The molecule has 0 fully saturated rings. The van der Waals surface area contributed by atoms with E-state index in [0.29, 0.717) is 12.0 Å². The highest BCUT2D eigenvalue weighted by molar-refractivity contribution is 7.91. The van der Waals surface area contributed by atoms with E-state index in [1.807, 2.05) is 0 Å². The fourth-order valence-corrected chi connectivity index (χ4v) is 7.44. The van der Waals surface area contributed by atoms with Crippen LogP contribution < -0.4 is 20.4 Å². The number of aromatic nitrogens is 1. The molecule has 0 spiro atoms. The number of hydrogen-bond acceptors (Lipinski definition) is 13. The summed E-state index contributed by atoms with van der Waals surface area (Å²) in [6, 6.07) is 12.8. The minimum absolute atomic E-state index is 0.0658. The van der Waals surface area contributed by atoms with Gasteiger partial charge in [-0.2, -0.15) is 8.42 Å². The van der Waals surface area contributed by atoms with Crippen LogP contribution in [0.25, 0.3) is 0 Å². The third-order valence-electron chi connectivity index (χ3n) is 6.99. The number of nitrogens with two attached hydrogens (primary N) is 2. The van der Waals surface area contributed by atoms with E-state index in [4.69, 9.17) is 34.7 Å². The van der Waals surface area contributed by atoms with Crippen LogP contribution in [0.4, 0.5) is 0 Å². The maximum atomic E-state index is 13.6. The van der Waals surface area contributed by atoms with Gasteiger partial charge in [-0.05, 0) is 108 Å². The standard InChI is InChI=1S/C35H47N5O11S2/c1-24-21-26(47-20-16-35(51-39-32(36)37,30(41)48-33(2,3)4)31(42)49-34(5,6)7)23-27(22-24)50-53(45,46)29-12-10-9-11-28(29)52(43,44)40(8)19-15-25-13-17-38-18-14-25/h9-14,17-18,21-23H,15-16,19-20H2,1-8H3,(H4,36,37,39). The van der Waals surface area contributed by atoms with Crippen molar-refractivity contribution in [3.8, 4) is 11.5 Å². The van der Waals surface area contributed by atoms with E-state index >= 15 is 0 Å². The van der Waals surface area contributed by atoms with Gasteiger partial charge in [0.1, 0.15) is 32.5 Å². The molecule has 0 radical (unpaired) electrons. The first-order valence-electron chi connectivity index (χ1n) is 16.3. The highest BCUT2D eigenvalue weighted by Gasteiger charge is 2.55. The van der Waals surface area contributed by atoms with E-state index in [-0.39, 0.29) is 18.0 Å². The summed E-state index contributed by atoms with van der Waals surface area (Å²) in [6.07, 6.45) is 3.04. The summed E-state index contributed by atoms with van der Waals surface area (Å²) < 4.78 is 77.8. The topological polar surface area (TPSA) is 229 Å². The van der Waals surface area contributed by atoms with Gasteiger partial charge in [0.25, 0.3) is 0 Å². The van der Waals surface area contributed by atoms with E-state index in [1.165, 1.54) is 43.4 Å². The Kier molecular flexibility index (Phi) is 13.5. The Labute approximate surface area is 310 Å². The summed E-state index contributed by atoms with van der Waals surface area (Å²) in [4.78, 5) is 35.3. The smallest absolute Gasteiger partial charge is 0.366 e. The number of oxime groups is 1. The summed E-state index contributed by atoms with van der Waals surface area (Å²) in [5.74, 6) is -3.03. The van der Waals surface area contributed by atoms with Crippen molar-refractivity contribution in [2.24, 2.45) is 16.6 Å². The predicted molar refractivity (Wildman–Crippen MR) is 195 cm³/mol. The number of hydrogen-bond donors (Lipinski definition) is 2. The minimum Gasteiger partial charge on any atom is -0.493 e. The lowest BCUT2D eigenvalue weighted by molar-refractivity contribution is -0.205. The van der Waals surface area contributed by atoms with Gasteiger partial charge in [0.05, 0.1) is 6.61 Å². The van der Waals surface area contributed by atoms with Crippen molar-refractivity contribution in [1.82, 2.24) is 9.29 Å². The van der Waals surface area contributed by atoms with Crippen LogP contribution in [0.1, 0.15) is 59.1 Å². The second-order valence-electron chi connectivity index (χ2n) is 13.9. The molecule has 0 saturated heterocycles. The molecule has 0 bridgehead atoms. The molecule has 18 heteroatoms. The number of carbonyl (C=O) groups is 2. The molecule has 290 valence electrons. The van der Waals surface area contributed by atoms with Crippen LogP contribution in [0.15, 0.2) is 81.9 Å². The molecule has 53 heavy (non-hydrogen) atoms. The summed E-state index contributed by atoms with van der Waals surface area (Å²) in [5, 5.41) is 3.46. The zero-order valence-corrected chi connectivity index (χ0v) is 32.6. The molecule has 0 aliphatic rings. The predicted octanol–water partition coefficient (Wildman–Crippen LogP) is 3.42.